The summed E-state index contributed by atoms with van der Waals surface area (Å²) in [5, 5.41) is 0. The van der Waals surface area contributed by atoms with Crippen molar-refractivity contribution in [1.82, 2.24) is 0 Å². The second-order valence-corrected chi connectivity index (χ2v) is 5.26. The molecule has 0 amide bonds. The van der Waals surface area contributed by atoms with Crippen molar-refractivity contribution in [1.29, 1.82) is 0 Å². The van der Waals surface area contributed by atoms with Gasteiger partial charge in [-0.1, -0.05) is 19.9 Å². The van der Waals surface area contributed by atoms with Crippen LogP contribution in [0.3, 0.4) is 0 Å². The van der Waals surface area contributed by atoms with Crippen LogP contribution in [0.2, 0.25) is 0 Å². The maximum atomic E-state index is 5.77. The van der Waals surface area contributed by atoms with E-state index in [1.807, 2.05) is 30.0 Å². The molecule has 0 aromatic heterocycles. The first kappa shape index (κ1) is 15.2. The van der Waals surface area contributed by atoms with Crippen LogP contribution in [0.5, 0.6) is 11.5 Å². The molecular formula is C14H23NO2S. The van der Waals surface area contributed by atoms with E-state index in [1.54, 1.807) is 0 Å². The Morgan fingerprint density at radius 1 is 1.17 bits per heavy atom. The summed E-state index contributed by atoms with van der Waals surface area (Å²) in [6.07, 6.45) is 1.00. The van der Waals surface area contributed by atoms with E-state index in [0.29, 0.717) is 13.2 Å². The lowest BCUT2D eigenvalue weighted by atomic mass is 10.2. The number of nitrogens with two attached hydrogens (primary N) is 1. The SMILES string of the molecule is CCCOc1ccc(CN)c(OCCSCC)c1. The monoisotopic (exact) mass is 269 g/mol. The molecule has 0 spiro atoms. The van der Waals surface area contributed by atoms with E-state index in [0.717, 1.165) is 41.6 Å². The Morgan fingerprint density at radius 3 is 2.67 bits per heavy atom. The summed E-state index contributed by atoms with van der Waals surface area (Å²) in [5.74, 6) is 3.82. The first-order valence-corrected chi connectivity index (χ1v) is 7.63. The van der Waals surface area contributed by atoms with Crippen LogP contribution < -0.4 is 15.2 Å². The molecule has 0 aliphatic rings. The third-order valence-electron chi connectivity index (χ3n) is 2.42. The van der Waals surface area contributed by atoms with Crippen LogP contribution in [-0.4, -0.2) is 24.7 Å². The van der Waals surface area contributed by atoms with Crippen molar-refractivity contribution in [3.8, 4) is 11.5 Å². The van der Waals surface area contributed by atoms with Gasteiger partial charge in [-0.25, -0.2) is 0 Å². The zero-order valence-corrected chi connectivity index (χ0v) is 12.1. The zero-order valence-electron chi connectivity index (χ0n) is 11.3. The molecule has 1 aromatic carbocycles. The summed E-state index contributed by atoms with van der Waals surface area (Å²) in [6, 6.07) is 5.87. The van der Waals surface area contributed by atoms with E-state index >= 15 is 0 Å². The van der Waals surface area contributed by atoms with Gasteiger partial charge in [0.05, 0.1) is 13.2 Å². The van der Waals surface area contributed by atoms with Crippen LogP contribution >= 0.6 is 11.8 Å². The van der Waals surface area contributed by atoms with Gasteiger partial charge in [0.25, 0.3) is 0 Å². The molecule has 2 N–H and O–H groups in total. The number of rotatable bonds is 9. The van der Waals surface area contributed by atoms with E-state index in [9.17, 15) is 0 Å². The molecule has 1 aromatic rings. The summed E-state index contributed by atoms with van der Waals surface area (Å²) < 4.78 is 11.4. The van der Waals surface area contributed by atoms with Crippen molar-refractivity contribution in [2.24, 2.45) is 5.73 Å². The lowest BCUT2D eigenvalue weighted by Gasteiger charge is -2.12. The largest absolute Gasteiger partial charge is 0.493 e. The quantitative estimate of drug-likeness (QED) is 0.700. The second-order valence-electron chi connectivity index (χ2n) is 3.87. The molecule has 1 rings (SSSR count). The minimum atomic E-state index is 0.490. The Balaban J connectivity index is 2.60. The summed E-state index contributed by atoms with van der Waals surface area (Å²) >= 11 is 1.87. The summed E-state index contributed by atoms with van der Waals surface area (Å²) in [7, 11) is 0. The van der Waals surface area contributed by atoms with Gasteiger partial charge >= 0.3 is 0 Å². The predicted molar refractivity (Wildman–Crippen MR) is 78.6 cm³/mol. The Morgan fingerprint density at radius 2 is 2.00 bits per heavy atom. The number of thioether (sulfide) groups is 1. The second kappa shape index (κ2) is 9.11. The van der Waals surface area contributed by atoms with Gasteiger partial charge in [-0.15, -0.1) is 0 Å². The third-order valence-corrected chi connectivity index (χ3v) is 3.28. The van der Waals surface area contributed by atoms with Gasteiger partial charge in [0.1, 0.15) is 11.5 Å². The van der Waals surface area contributed by atoms with Crippen LogP contribution in [0, 0.1) is 0 Å². The Bertz CT molecular complexity index is 345. The van der Waals surface area contributed by atoms with Crippen molar-refractivity contribution in [2.75, 3.05) is 24.7 Å². The molecule has 0 saturated carbocycles. The van der Waals surface area contributed by atoms with E-state index in [-0.39, 0.29) is 0 Å². The van der Waals surface area contributed by atoms with Crippen LogP contribution in [0.4, 0.5) is 0 Å². The normalized spacial score (nSPS) is 10.4. The Hall–Kier alpha value is -0.870. The predicted octanol–water partition coefficient (Wildman–Crippen LogP) is 3.07. The van der Waals surface area contributed by atoms with Crippen molar-refractivity contribution in [3.63, 3.8) is 0 Å². The average molecular weight is 269 g/mol. The highest BCUT2D eigenvalue weighted by Crippen LogP contribution is 2.25. The van der Waals surface area contributed by atoms with E-state index < -0.39 is 0 Å². The fourth-order valence-electron chi connectivity index (χ4n) is 1.50. The third kappa shape index (κ3) is 5.19. The molecule has 0 atom stereocenters. The van der Waals surface area contributed by atoms with Gasteiger partial charge in [-0.3, -0.25) is 0 Å². The smallest absolute Gasteiger partial charge is 0.127 e. The van der Waals surface area contributed by atoms with Gasteiger partial charge in [0.2, 0.25) is 0 Å². The molecule has 18 heavy (non-hydrogen) atoms. The molecule has 0 heterocycles. The van der Waals surface area contributed by atoms with Gasteiger partial charge in [0.15, 0.2) is 0 Å². The van der Waals surface area contributed by atoms with Crippen molar-refractivity contribution < 1.29 is 9.47 Å². The van der Waals surface area contributed by atoms with Crippen LogP contribution in [0.15, 0.2) is 18.2 Å². The average Bonchev–Trinajstić information content (AvgIpc) is 2.41. The highest BCUT2D eigenvalue weighted by atomic mass is 32.2. The van der Waals surface area contributed by atoms with Crippen LogP contribution in [-0.2, 0) is 6.54 Å². The zero-order chi connectivity index (χ0) is 13.2. The minimum absolute atomic E-state index is 0.490. The topological polar surface area (TPSA) is 44.5 Å². The van der Waals surface area contributed by atoms with Gasteiger partial charge in [-0.05, 0) is 18.2 Å². The molecule has 102 valence electrons. The van der Waals surface area contributed by atoms with E-state index in [4.69, 9.17) is 15.2 Å². The first-order chi connectivity index (χ1) is 8.81. The van der Waals surface area contributed by atoms with Crippen LogP contribution in [0.1, 0.15) is 25.8 Å². The summed E-state index contributed by atoms with van der Waals surface area (Å²) in [6.45, 7) is 6.17. The lowest BCUT2D eigenvalue weighted by Crippen LogP contribution is -2.06. The molecule has 0 aliphatic heterocycles. The standard InChI is InChI=1S/C14H23NO2S/c1-3-7-16-13-6-5-12(11-15)14(10-13)17-8-9-18-4-2/h5-6,10H,3-4,7-9,11,15H2,1-2H3. The molecular weight excluding hydrogens is 246 g/mol. The van der Waals surface area contributed by atoms with Gasteiger partial charge < -0.3 is 15.2 Å². The molecule has 0 bridgehead atoms. The Kier molecular flexibility index (Phi) is 7.69. The summed E-state index contributed by atoms with van der Waals surface area (Å²) in [5.41, 5.74) is 6.73. The highest BCUT2D eigenvalue weighted by molar-refractivity contribution is 7.99. The van der Waals surface area contributed by atoms with Gasteiger partial charge in [0, 0.05) is 23.9 Å². The number of ether oxygens (including phenoxy) is 2. The fourth-order valence-corrected chi connectivity index (χ4v) is 1.99. The Labute approximate surface area is 114 Å². The number of benzene rings is 1. The van der Waals surface area contributed by atoms with Crippen molar-refractivity contribution in [3.05, 3.63) is 23.8 Å². The molecule has 3 nitrogen and oxygen atoms in total. The number of hydrogen-bond acceptors (Lipinski definition) is 4. The molecule has 4 heteroatoms. The molecule has 0 aliphatic carbocycles. The van der Waals surface area contributed by atoms with E-state index in [1.165, 1.54) is 0 Å². The number of hydrogen-bond donors (Lipinski definition) is 1. The summed E-state index contributed by atoms with van der Waals surface area (Å²) in [4.78, 5) is 0. The minimum Gasteiger partial charge on any atom is -0.493 e. The lowest BCUT2D eigenvalue weighted by molar-refractivity contribution is 0.308. The molecule has 0 radical (unpaired) electrons. The maximum Gasteiger partial charge on any atom is 0.127 e. The highest BCUT2D eigenvalue weighted by Gasteiger charge is 2.05. The molecule has 0 saturated heterocycles. The van der Waals surface area contributed by atoms with Crippen molar-refractivity contribution in [2.45, 2.75) is 26.8 Å². The van der Waals surface area contributed by atoms with Crippen molar-refractivity contribution >= 4 is 11.8 Å². The fraction of sp³-hybridized carbons (Fsp3) is 0.571. The van der Waals surface area contributed by atoms with Crippen LogP contribution in [0.25, 0.3) is 0 Å². The molecule has 0 fully saturated rings. The molecule has 0 unspecified atom stereocenters. The maximum absolute atomic E-state index is 5.77. The van der Waals surface area contributed by atoms with Gasteiger partial charge in [-0.2, -0.15) is 11.8 Å². The van der Waals surface area contributed by atoms with E-state index in [2.05, 4.69) is 13.8 Å². The first-order valence-electron chi connectivity index (χ1n) is 6.48.